The highest BCUT2D eigenvalue weighted by atomic mass is 35.5. The van der Waals surface area contributed by atoms with E-state index in [1.54, 1.807) is 18.4 Å². The summed E-state index contributed by atoms with van der Waals surface area (Å²) in [5, 5.41) is 6.04. The van der Waals surface area contributed by atoms with Crippen LogP contribution in [0.15, 0.2) is 36.4 Å². The molecule has 1 atom stereocenters. The third-order valence-electron chi connectivity index (χ3n) is 3.00. The van der Waals surface area contributed by atoms with E-state index in [9.17, 15) is 4.79 Å². The number of likely N-dealkylation sites (N-methyl/N-ethyl adjacent to an activating group) is 1. The van der Waals surface area contributed by atoms with Gasteiger partial charge in [-0.2, -0.15) is 0 Å². The lowest BCUT2D eigenvalue weighted by Crippen LogP contribution is -2.19. The van der Waals surface area contributed by atoms with Crippen molar-refractivity contribution in [3.05, 3.63) is 51.2 Å². The fourth-order valence-corrected chi connectivity index (χ4v) is 2.94. The van der Waals surface area contributed by atoms with E-state index in [0.717, 1.165) is 15.6 Å². The standard InChI is InChI=1S/C15H17ClN2OS/c1-10(13-7-8-14(16)20-13)18-12-5-3-11(4-6-12)9-15(19)17-2/h3-8,10,18H,9H2,1-2H3,(H,17,19). The lowest BCUT2D eigenvalue weighted by molar-refractivity contribution is -0.119. The van der Waals surface area contributed by atoms with Crippen LogP contribution in [0.5, 0.6) is 0 Å². The number of benzene rings is 1. The molecule has 5 heteroatoms. The van der Waals surface area contributed by atoms with Crippen LogP contribution in [0.3, 0.4) is 0 Å². The van der Waals surface area contributed by atoms with E-state index < -0.39 is 0 Å². The number of anilines is 1. The Hall–Kier alpha value is -1.52. The van der Waals surface area contributed by atoms with Crippen molar-refractivity contribution < 1.29 is 4.79 Å². The van der Waals surface area contributed by atoms with Crippen LogP contribution in [0, 0.1) is 0 Å². The maximum absolute atomic E-state index is 11.3. The van der Waals surface area contributed by atoms with Crippen molar-refractivity contribution in [3.63, 3.8) is 0 Å². The number of amides is 1. The molecule has 0 fully saturated rings. The Balaban J connectivity index is 1.98. The maximum atomic E-state index is 11.3. The third kappa shape index (κ3) is 3.99. The molecular weight excluding hydrogens is 292 g/mol. The van der Waals surface area contributed by atoms with Crippen molar-refractivity contribution in [2.75, 3.05) is 12.4 Å². The van der Waals surface area contributed by atoms with Gasteiger partial charge >= 0.3 is 0 Å². The number of nitrogens with one attached hydrogen (secondary N) is 2. The first-order chi connectivity index (χ1) is 9.58. The molecule has 3 nitrogen and oxygen atoms in total. The summed E-state index contributed by atoms with van der Waals surface area (Å²) in [4.78, 5) is 12.5. The van der Waals surface area contributed by atoms with Crippen LogP contribution >= 0.6 is 22.9 Å². The summed E-state index contributed by atoms with van der Waals surface area (Å²) in [6.45, 7) is 2.10. The minimum Gasteiger partial charge on any atom is -0.378 e. The molecule has 1 amide bonds. The Bertz CT molecular complexity index is 580. The number of carbonyl (C=O) groups is 1. The molecule has 0 aliphatic carbocycles. The summed E-state index contributed by atoms with van der Waals surface area (Å²) in [7, 11) is 1.64. The molecule has 106 valence electrons. The molecule has 1 aromatic heterocycles. The summed E-state index contributed by atoms with van der Waals surface area (Å²) in [6, 6.07) is 12.1. The molecular formula is C15H17ClN2OS. The number of hydrogen-bond acceptors (Lipinski definition) is 3. The molecule has 20 heavy (non-hydrogen) atoms. The second-order valence-corrected chi connectivity index (χ2v) is 6.30. The normalized spacial score (nSPS) is 11.9. The van der Waals surface area contributed by atoms with Gasteiger partial charge < -0.3 is 10.6 Å². The molecule has 2 rings (SSSR count). The lowest BCUT2D eigenvalue weighted by Gasteiger charge is -2.14. The van der Waals surface area contributed by atoms with Crippen molar-refractivity contribution in [2.24, 2.45) is 0 Å². The molecule has 0 saturated heterocycles. The zero-order valence-electron chi connectivity index (χ0n) is 11.4. The molecule has 1 unspecified atom stereocenters. The monoisotopic (exact) mass is 308 g/mol. The SMILES string of the molecule is CNC(=O)Cc1ccc(NC(C)c2ccc(Cl)s2)cc1. The first kappa shape index (κ1) is 14.9. The smallest absolute Gasteiger partial charge is 0.224 e. The average Bonchev–Trinajstić information content (AvgIpc) is 2.87. The minimum atomic E-state index is 0.0207. The fourth-order valence-electron chi connectivity index (χ4n) is 1.87. The van der Waals surface area contributed by atoms with E-state index in [4.69, 9.17) is 11.6 Å². The van der Waals surface area contributed by atoms with Crippen LogP contribution in [-0.2, 0) is 11.2 Å². The zero-order valence-corrected chi connectivity index (χ0v) is 13.0. The van der Waals surface area contributed by atoms with Gasteiger partial charge in [-0.05, 0) is 36.8 Å². The largest absolute Gasteiger partial charge is 0.378 e. The van der Waals surface area contributed by atoms with E-state index >= 15 is 0 Å². The van der Waals surface area contributed by atoms with Gasteiger partial charge in [0.2, 0.25) is 5.91 Å². The molecule has 1 aromatic carbocycles. The first-order valence-corrected chi connectivity index (χ1v) is 7.59. The van der Waals surface area contributed by atoms with Gasteiger partial charge in [0, 0.05) is 17.6 Å². The molecule has 0 saturated carbocycles. The molecule has 0 bridgehead atoms. The average molecular weight is 309 g/mol. The maximum Gasteiger partial charge on any atom is 0.224 e. The Morgan fingerprint density at radius 1 is 1.25 bits per heavy atom. The van der Waals surface area contributed by atoms with E-state index in [0.29, 0.717) is 6.42 Å². The van der Waals surface area contributed by atoms with E-state index in [1.165, 1.54) is 4.88 Å². The van der Waals surface area contributed by atoms with Gasteiger partial charge in [0.1, 0.15) is 0 Å². The molecule has 2 aromatic rings. The van der Waals surface area contributed by atoms with Crippen LogP contribution in [0.1, 0.15) is 23.4 Å². The fraction of sp³-hybridized carbons (Fsp3) is 0.267. The topological polar surface area (TPSA) is 41.1 Å². The van der Waals surface area contributed by atoms with Crippen LogP contribution < -0.4 is 10.6 Å². The molecule has 0 aliphatic rings. The molecule has 0 radical (unpaired) electrons. The van der Waals surface area contributed by atoms with Gasteiger partial charge in [0.05, 0.1) is 16.8 Å². The Morgan fingerprint density at radius 3 is 2.50 bits per heavy atom. The van der Waals surface area contributed by atoms with Crippen molar-refractivity contribution in [1.29, 1.82) is 0 Å². The molecule has 1 heterocycles. The number of halogens is 1. The van der Waals surface area contributed by atoms with Crippen LogP contribution in [-0.4, -0.2) is 13.0 Å². The summed E-state index contributed by atoms with van der Waals surface area (Å²) in [6.07, 6.45) is 0.410. The summed E-state index contributed by atoms with van der Waals surface area (Å²) in [5.41, 5.74) is 2.03. The van der Waals surface area contributed by atoms with E-state index in [2.05, 4.69) is 17.6 Å². The first-order valence-electron chi connectivity index (χ1n) is 6.40. The van der Waals surface area contributed by atoms with Crippen LogP contribution in [0.2, 0.25) is 4.34 Å². The second-order valence-electron chi connectivity index (χ2n) is 4.55. The highest BCUT2D eigenvalue weighted by Gasteiger charge is 2.08. The summed E-state index contributed by atoms with van der Waals surface area (Å²) >= 11 is 7.52. The van der Waals surface area contributed by atoms with Crippen molar-refractivity contribution in [3.8, 4) is 0 Å². The van der Waals surface area contributed by atoms with Crippen LogP contribution in [0.4, 0.5) is 5.69 Å². The highest BCUT2D eigenvalue weighted by molar-refractivity contribution is 7.16. The Kier molecular flexibility index (Phi) is 5.04. The lowest BCUT2D eigenvalue weighted by atomic mass is 10.1. The van der Waals surface area contributed by atoms with Gasteiger partial charge in [-0.25, -0.2) is 0 Å². The van der Waals surface area contributed by atoms with Crippen molar-refractivity contribution in [2.45, 2.75) is 19.4 Å². The zero-order chi connectivity index (χ0) is 14.5. The summed E-state index contributed by atoms with van der Waals surface area (Å²) < 4.78 is 0.801. The van der Waals surface area contributed by atoms with Gasteiger partial charge in [-0.15, -0.1) is 11.3 Å². The predicted molar refractivity (Wildman–Crippen MR) is 85.6 cm³/mol. The quantitative estimate of drug-likeness (QED) is 0.880. The van der Waals surface area contributed by atoms with Gasteiger partial charge in [-0.3, -0.25) is 4.79 Å². The molecule has 0 spiro atoms. The number of carbonyl (C=O) groups excluding carboxylic acids is 1. The third-order valence-corrected chi connectivity index (χ3v) is 4.42. The number of hydrogen-bond donors (Lipinski definition) is 2. The number of rotatable bonds is 5. The second kappa shape index (κ2) is 6.77. The molecule has 2 N–H and O–H groups in total. The minimum absolute atomic E-state index is 0.0207. The predicted octanol–water partition coefficient (Wildman–Crippen LogP) is 3.86. The van der Waals surface area contributed by atoms with Crippen molar-refractivity contribution in [1.82, 2.24) is 5.32 Å². The van der Waals surface area contributed by atoms with E-state index in [-0.39, 0.29) is 11.9 Å². The van der Waals surface area contributed by atoms with Gasteiger partial charge in [0.25, 0.3) is 0 Å². The highest BCUT2D eigenvalue weighted by Crippen LogP contribution is 2.28. The Morgan fingerprint density at radius 2 is 1.95 bits per heavy atom. The van der Waals surface area contributed by atoms with Gasteiger partial charge in [-0.1, -0.05) is 23.7 Å². The van der Waals surface area contributed by atoms with Gasteiger partial charge in [0.15, 0.2) is 0 Å². The number of thiophene rings is 1. The van der Waals surface area contributed by atoms with E-state index in [1.807, 2.05) is 36.4 Å². The molecule has 0 aliphatic heterocycles. The van der Waals surface area contributed by atoms with Crippen LogP contribution in [0.25, 0.3) is 0 Å². The van der Waals surface area contributed by atoms with Crippen molar-refractivity contribution >= 4 is 34.5 Å². The Labute approximate surface area is 128 Å². The summed E-state index contributed by atoms with van der Waals surface area (Å²) in [5.74, 6) is 0.0207.